The molecule has 0 bridgehead atoms. The van der Waals surface area contributed by atoms with Crippen LogP contribution in [0.2, 0.25) is 0 Å². The van der Waals surface area contributed by atoms with E-state index in [4.69, 9.17) is 14.6 Å². The standard InChI is InChI=1S/C29H33N3O3/c1-21(2)31(20-26(33)23-13-7-5-8-14-23)19-25-22(3)30-32(24-15-9-6-10-16-24)29(25)35-28-18-12-11-17-27(28)34-4/h5-18,21,26,33H,19-20H2,1-4H3. The Morgan fingerprint density at radius 3 is 2.11 bits per heavy atom. The van der Waals surface area contributed by atoms with Gasteiger partial charge in [-0.2, -0.15) is 5.10 Å². The molecule has 3 aromatic carbocycles. The highest BCUT2D eigenvalue weighted by Gasteiger charge is 2.25. The summed E-state index contributed by atoms with van der Waals surface area (Å²) in [5.41, 5.74) is 3.65. The van der Waals surface area contributed by atoms with Crippen molar-refractivity contribution in [1.29, 1.82) is 0 Å². The first kappa shape index (κ1) is 24.5. The number of hydrogen-bond donors (Lipinski definition) is 1. The summed E-state index contributed by atoms with van der Waals surface area (Å²) < 4.78 is 13.9. The molecule has 0 spiro atoms. The minimum absolute atomic E-state index is 0.201. The minimum atomic E-state index is -0.596. The van der Waals surface area contributed by atoms with E-state index in [1.54, 1.807) is 7.11 Å². The molecular weight excluding hydrogens is 438 g/mol. The van der Waals surface area contributed by atoms with Gasteiger partial charge in [-0.3, -0.25) is 4.90 Å². The van der Waals surface area contributed by atoms with E-state index in [2.05, 4.69) is 18.7 Å². The number of aryl methyl sites for hydroxylation is 1. The maximum atomic E-state index is 10.9. The summed E-state index contributed by atoms with van der Waals surface area (Å²) in [5.74, 6) is 1.91. The van der Waals surface area contributed by atoms with Crippen LogP contribution in [0.3, 0.4) is 0 Å². The van der Waals surface area contributed by atoms with Crippen LogP contribution in [0.25, 0.3) is 5.69 Å². The lowest BCUT2D eigenvalue weighted by Crippen LogP contribution is -2.34. The highest BCUT2D eigenvalue weighted by atomic mass is 16.5. The summed E-state index contributed by atoms with van der Waals surface area (Å²) in [5, 5.41) is 15.8. The van der Waals surface area contributed by atoms with Crippen LogP contribution in [-0.4, -0.2) is 39.5 Å². The van der Waals surface area contributed by atoms with Crippen molar-refractivity contribution in [3.05, 3.63) is 102 Å². The molecule has 6 nitrogen and oxygen atoms in total. The Hall–Kier alpha value is -3.61. The number of aliphatic hydroxyl groups excluding tert-OH is 1. The first-order valence-electron chi connectivity index (χ1n) is 11.9. The molecule has 35 heavy (non-hydrogen) atoms. The van der Waals surface area contributed by atoms with Crippen LogP contribution >= 0.6 is 0 Å². The van der Waals surface area contributed by atoms with Crippen molar-refractivity contribution < 1.29 is 14.6 Å². The Morgan fingerprint density at radius 1 is 0.886 bits per heavy atom. The molecule has 0 aliphatic carbocycles. The van der Waals surface area contributed by atoms with Crippen molar-refractivity contribution in [2.24, 2.45) is 0 Å². The molecule has 1 atom stereocenters. The Balaban J connectivity index is 1.72. The smallest absolute Gasteiger partial charge is 0.227 e. The molecule has 0 aliphatic rings. The molecule has 182 valence electrons. The molecule has 6 heteroatoms. The van der Waals surface area contributed by atoms with Crippen molar-refractivity contribution in [1.82, 2.24) is 14.7 Å². The van der Waals surface area contributed by atoms with Crippen LogP contribution < -0.4 is 9.47 Å². The van der Waals surface area contributed by atoms with Crippen LogP contribution in [0.15, 0.2) is 84.9 Å². The Morgan fingerprint density at radius 2 is 1.49 bits per heavy atom. The quantitative estimate of drug-likeness (QED) is 0.311. The molecule has 0 aliphatic heterocycles. The van der Waals surface area contributed by atoms with E-state index in [9.17, 15) is 5.11 Å². The van der Waals surface area contributed by atoms with Gasteiger partial charge in [0.05, 0.1) is 30.2 Å². The summed E-state index contributed by atoms with van der Waals surface area (Å²) in [6, 6.07) is 27.5. The van der Waals surface area contributed by atoms with E-state index >= 15 is 0 Å². The lowest BCUT2D eigenvalue weighted by Gasteiger charge is -2.29. The van der Waals surface area contributed by atoms with E-state index in [1.165, 1.54) is 0 Å². The number of hydrogen-bond acceptors (Lipinski definition) is 5. The van der Waals surface area contributed by atoms with Crippen LogP contribution in [0.4, 0.5) is 0 Å². The fourth-order valence-electron chi connectivity index (χ4n) is 4.04. The molecule has 0 saturated heterocycles. The van der Waals surface area contributed by atoms with Gasteiger partial charge in [-0.05, 0) is 50.6 Å². The SMILES string of the molecule is COc1ccccc1Oc1c(CN(CC(O)c2ccccc2)C(C)C)c(C)nn1-c1ccccc1. The highest BCUT2D eigenvalue weighted by molar-refractivity contribution is 5.47. The highest BCUT2D eigenvalue weighted by Crippen LogP contribution is 2.36. The Bertz CT molecular complexity index is 1220. The normalized spacial score (nSPS) is 12.2. The molecular formula is C29H33N3O3. The number of nitrogens with zero attached hydrogens (tertiary/aromatic N) is 3. The van der Waals surface area contributed by atoms with Gasteiger partial charge in [0.15, 0.2) is 11.5 Å². The fraction of sp³-hybridized carbons (Fsp3) is 0.276. The fourth-order valence-corrected chi connectivity index (χ4v) is 4.04. The first-order chi connectivity index (χ1) is 17.0. The summed E-state index contributed by atoms with van der Waals surface area (Å²) in [6.07, 6.45) is -0.596. The zero-order chi connectivity index (χ0) is 24.8. The third kappa shape index (κ3) is 5.73. The molecule has 1 N–H and O–H groups in total. The van der Waals surface area contributed by atoms with Crippen LogP contribution in [0.1, 0.15) is 36.8 Å². The number of para-hydroxylation sites is 3. The van der Waals surface area contributed by atoms with Crippen molar-refractivity contribution in [2.45, 2.75) is 39.5 Å². The lowest BCUT2D eigenvalue weighted by atomic mass is 10.1. The number of benzene rings is 3. The third-order valence-corrected chi connectivity index (χ3v) is 6.10. The molecule has 0 radical (unpaired) electrons. The Kier molecular flexibility index (Phi) is 7.85. The van der Waals surface area contributed by atoms with Crippen molar-refractivity contribution in [3.8, 4) is 23.1 Å². The van der Waals surface area contributed by atoms with E-state index < -0.39 is 6.10 Å². The predicted octanol–water partition coefficient (Wildman–Crippen LogP) is 5.93. The van der Waals surface area contributed by atoms with Crippen molar-refractivity contribution in [2.75, 3.05) is 13.7 Å². The molecule has 1 heterocycles. The van der Waals surface area contributed by atoms with Gasteiger partial charge in [-0.1, -0.05) is 60.7 Å². The molecule has 0 saturated carbocycles. The van der Waals surface area contributed by atoms with Gasteiger partial charge >= 0.3 is 0 Å². The van der Waals surface area contributed by atoms with Gasteiger partial charge in [0.25, 0.3) is 0 Å². The number of aliphatic hydroxyl groups is 1. The second kappa shape index (κ2) is 11.2. The van der Waals surface area contributed by atoms with Gasteiger partial charge in [-0.25, -0.2) is 4.68 Å². The summed E-state index contributed by atoms with van der Waals surface area (Å²) in [7, 11) is 1.63. The summed E-state index contributed by atoms with van der Waals surface area (Å²) in [6.45, 7) is 7.33. The zero-order valence-corrected chi connectivity index (χ0v) is 20.8. The first-order valence-corrected chi connectivity index (χ1v) is 11.9. The van der Waals surface area contributed by atoms with E-state index in [0.29, 0.717) is 30.5 Å². The van der Waals surface area contributed by atoms with E-state index in [0.717, 1.165) is 22.5 Å². The predicted molar refractivity (Wildman–Crippen MR) is 138 cm³/mol. The summed E-state index contributed by atoms with van der Waals surface area (Å²) >= 11 is 0. The minimum Gasteiger partial charge on any atom is -0.493 e. The third-order valence-electron chi connectivity index (χ3n) is 6.10. The van der Waals surface area contributed by atoms with Crippen LogP contribution in [-0.2, 0) is 6.54 Å². The van der Waals surface area contributed by atoms with Gasteiger partial charge in [-0.15, -0.1) is 0 Å². The van der Waals surface area contributed by atoms with Crippen LogP contribution in [0, 0.1) is 6.92 Å². The maximum Gasteiger partial charge on any atom is 0.227 e. The molecule has 4 rings (SSSR count). The molecule has 4 aromatic rings. The second-order valence-electron chi connectivity index (χ2n) is 8.82. The average molecular weight is 472 g/mol. The summed E-state index contributed by atoms with van der Waals surface area (Å²) in [4.78, 5) is 2.24. The van der Waals surface area contributed by atoms with Gasteiger partial charge in [0.2, 0.25) is 5.88 Å². The van der Waals surface area contributed by atoms with E-state index in [-0.39, 0.29) is 6.04 Å². The number of ether oxygens (including phenoxy) is 2. The maximum absolute atomic E-state index is 10.9. The molecule has 0 fully saturated rings. The average Bonchev–Trinajstić information content (AvgIpc) is 3.19. The monoisotopic (exact) mass is 471 g/mol. The lowest BCUT2D eigenvalue weighted by molar-refractivity contribution is 0.0902. The largest absolute Gasteiger partial charge is 0.493 e. The molecule has 1 aromatic heterocycles. The van der Waals surface area contributed by atoms with Gasteiger partial charge < -0.3 is 14.6 Å². The van der Waals surface area contributed by atoms with Crippen molar-refractivity contribution in [3.63, 3.8) is 0 Å². The van der Waals surface area contributed by atoms with E-state index in [1.807, 2.05) is 96.5 Å². The number of methoxy groups -OCH3 is 1. The van der Waals surface area contributed by atoms with Gasteiger partial charge in [0.1, 0.15) is 0 Å². The van der Waals surface area contributed by atoms with Crippen LogP contribution in [0.5, 0.6) is 17.4 Å². The second-order valence-corrected chi connectivity index (χ2v) is 8.82. The van der Waals surface area contributed by atoms with Crippen molar-refractivity contribution >= 4 is 0 Å². The molecule has 0 amide bonds. The van der Waals surface area contributed by atoms with Gasteiger partial charge in [0, 0.05) is 19.1 Å². The molecule has 1 unspecified atom stereocenters. The zero-order valence-electron chi connectivity index (χ0n) is 20.8. The number of aromatic nitrogens is 2. The topological polar surface area (TPSA) is 59.8 Å². The number of rotatable bonds is 10. The Labute approximate surface area is 207 Å².